The minimum Gasteiger partial charge on any atom is -0.455 e. The Hall–Kier alpha value is -3.18. The number of halogens is 2. The molecule has 6 rings (SSSR count). The molecule has 2 heterocycles. The van der Waals surface area contributed by atoms with Gasteiger partial charge in [0.1, 0.15) is 28.1 Å². The summed E-state index contributed by atoms with van der Waals surface area (Å²) in [5, 5.41) is 14.3. The highest BCUT2D eigenvalue weighted by molar-refractivity contribution is 7.85. The normalized spacial score (nSPS) is 17.2. The molecule has 0 saturated heterocycles. The van der Waals surface area contributed by atoms with Crippen molar-refractivity contribution >= 4 is 57.7 Å². The van der Waals surface area contributed by atoms with Gasteiger partial charge < -0.3 is 19.4 Å². The molecule has 1 aromatic heterocycles. The van der Waals surface area contributed by atoms with E-state index < -0.39 is 24.2 Å². The van der Waals surface area contributed by atoms with Gasteiger partial charge in [-0.3, -0.25) is 9.10 Å². The highest BCUT2D eigenvalue weighted by Crippen LogP contribution is 2.48. The van der Waals surface area contributed by atoms with E-state index in [4.69, 9.17) is 20.7 Å². The van der Waals surface area contributed by atoms with Gasteiger partial charge in [0.05, 0.1) is 17.4 Å². The standard InChI is InChI=1S/C29H27BClFN2O5S/c1-33-29(35)27-22-14-20(16-3-4-16)24(15-26(22)38-28(27)17-5-8-19(32)9-6-17)34(40(2)37)12-11-25-21-13-18(31)7-10-23(21)30(36)39-25/h5-10,13-16,25,36H,3-4,11-12H2,1-2H3,(H,33,35). The van der Waals surface area contributed by atoms with Crippen LogP contribution in [0, 0.1) is 5.82 Å². The van der Waals surface area contributed by atoms with E-state index in [-0.39, 0.29) is 17.6 Å². The predicted molar refractivity (Wildman–Crippen MR) is 156 cm³/mol. The Balaban J connectivity index is 1.41. The zero-order valence-corrected chi connectivity index (χ0v) is 23.5. The third-order valence-corrected chi connectivity index (χ3v) is 8.78. The van der Waals surface area contributed by atoms with Crippen LogP contribution in [0.5, 0.6) is 0 Å². The zero-order valence-electron chi connectivity index (χ0n) is 21.9. The number of hydrogen-bond acceptors (Lipinski definition) is 5. The zero-order chi connectivity index (χ0) is 28.1. The molecule has 0 bridgehead atoms. The van der Waals surface area contributed by atoms with Crippen LogP contribution >= 0.6 is 11.6 Å². The maximum absolute atomic E-state index is 13.6. The Bertz CT molecular complexity index is 1640. The molecule has 2 atom stereocenters. The molecule has 7 nitrogen and oxygen atoms in total. The van der Waals surface area contributed by atoms with Gasteiger partial charge in [-0.1, -0.05) is 17.7 Å². The van der Waals surface area contributed by atoms with Gasteiger partial charge in [-0.2, -0.15) is 0 Å². The molecule has 2 aliphatic rings. The highest BCUT2D eigenvalue weighted by atomic mass is 35.5. The first kappa shape index (κ1) is 27.0. The lowest BCUT2D eigenvalue weighted by atomic mass is 9.79. The summed E-state index contributed by atoms with van der Waals surface area (Å²) in [4.78, 5) is 13.0. The molecule has 1 saturated carbocycles. The SMILES string of the molecule is CNC(=O)c1c(-c2ccc(F)cc2)oc2cc(N(CCC3OB(O)c4ccc(Cl)cc43)S(C)=O)c(C3CC3)cc12. The lowest BCUT2D eigenvalue weighted by Crippen LogP contribution is -2.29. The van der Waals surface area contributed by atoms with Gasteiger partial charge in [-0.25, -0.2) is 8.60 Å². The monoisotopic (exact) mass is 580 g/mol. The second kappa shape index (κ2) is 10.7. The molecule has 2 unspecified atom stereocenters. The van der Waals surface area contributed by atoms with Crippen LogP contribution < -0.4 is 15.1 Å². The number of furan rings is 1. The third-order valence-electron chi connectivity index (χ3n) is 7.54. The number of amides is 1. The Morgan fingerprint density at radius 1 is 1.18 bits per heavy atom. The fraction of sp³-hybridized carbons (Fsp3) is 0.276. The molecule has 1 amide bonds. The summed E-state index contributed by atoms with van der Waals surface area (Å²) in [7, 11) is -0.866. The van der Waals surface area contributed by atoms with Gasteiger partial charge in [-0.15, -0.1) is 0 Å². The first-order chi connectivity index (χ1) is 19.2. The molecular formula is C29H27BClFN2O5S. The maximum atomic E-state index is 13.6. The van der Waals surface area contributed by atoms with Gasteiger partial charge in [0, 0.05) is 41.9 Å². The van der Waals surface area contributed by atoms with Crippen LogP contribution in [0.4, 0.5) is 10.1 Å². The topological polar surface area (TPSA) is 92.0 Å². The molecule has 2 N–H and O–H groups in total. The summed E-state index contributed by atoms with van der Waals surface area (Å²) in [6.07, 6.45) is 3.66. The van der Waals surface area contributed by atoms with E-state index in [0.29, 0.717) is 51.3 Å². The van der Waals surface area contributed by atoms with Crippen LogP contribution in [0.15, 0.2) is 59.0 Å². The first-order valence-corrected chi connectivity index (χ1v) is 15.0. The fourth-order valence-corrected chi connectivity index (χ4v) is 6.42. The van der Waals surface area contributed by atoms with E-state index >= 15 is 0 Å². The maximum Gasteiger partial charge on any atom is 0.491 e. The van der Waals surface area contributed by atoms with Crippen LogP contribution in [-0.2, 0) is 15.6 Å². The minimum atomic E-state index is -1.39. The average Bonchev–Trinajstić information content (AvgIpc) is 3.65. The van der Waals surface area contributed by atoms with Gasteiger partial charge >= 0.3 is 7.12 Å². The van der Waals surface area contributed by atoms with E-state index in [0.717, 1.165) is 29.7 Å². The number of fused-ring (bicyclic) bond motifs is 2. The summed E-state index contributed by atoms with van der Waals surface area (Å²) in [6, 6.07) is 14.9. The third kappa shape index (κ3) is 4.94. The van der Waals surface area contributed by atoms with Crippen molar-refractivity contribution in [1.82, 2.24) is 5.32 Å². The van der Waals surface area contributed by atoms with Crippen LogP contribution in [0.2, 0.25) is 5.02 Å². The Morgan fingerprint density at radius 2 is 1.93 bits per heavy atom. The average molecular weight is 581 g/mol. The number of carbonyl (C=O) groups is 1. The number of nitrogens with one attached hydrogen (secondary N) is 1. The van der Waals surface area contributed by atoms with Gasteiger partial charge in [0.15, 0.2) is 0 Å². The quantitative estimate of drug-likeness (QED) is 0.284. The molecule has 40 heavy (non-hydrogen) atoms. The molecule has 11 heteroatoms. The van der Waals surface area contributed by atoms with Crippen LogP contribution in [-0.4, -0.2) is 42.1 Å². The molecule has 3 aromatic carbocycles. The van der Waals surface area contributed by atoms with Crippen LogP contribution in [0.3, 0.4) is 0 Å². The van der Waals surface area contributed by atoms with Crippen LogP contribution in [0.25, 0.3) is 22.3 Å². The first-order valence-electron chi connectivity index (χ1n) is 13.1. The predicted octanol–water partition coefficient (Wildman–Crippen LogP) is 5.08. The molecule has 1 aliphatic heterocycles. The summed E-state index contributed by atoms with van der Waals surface area (Å²) in [5.41, 5.74) is 4.70. The number of nitrogens with zero attached hydrogens (tertiary/aromatic N) is 1. The van der Waals surface area contributed by atoms with Crippen LogP contribution in [0.1, 0.15) is 52.8 Å². The van der Waals surface area contributed by atoms with Crippen molar-refractivity contribution < 1.29 is 27.5 Å². The van der Waals surface area contributed by atoms with E-state index in [1.165, 1.54) is 12.1 Å². The van der Waals surface area contributed by atoms with Crippen molar-refractivity contribution in [2.24, 2.45) is 0 Å². The smallest absolute Gasteiger partial charge is 0.455 e. The van der Waals surface area contributed by atoms with Gasteiger partial charge in [0.2, 0.25) is 0 Å². The van der Waals surface area contributed by atoms with Crippen molar-refractivity contribution in [2.75, 3.05) is 24.2 Å². The van der Waals surface area contributed by atoms with Crippen molar-refractivity contribution in [3.05, 3.63) is 82.1 Å². The van der Waals surface area contributed by atoms with Gasteiger partial charge in [-0.05, 0) is 84.2 Å². The summed E-state index contributed by atoms with van der Waals surface area (Å²) >= 11 is 6.21. The van der Waals surface area contributed by atoms with Crippen molar-refractivity contribution in [3.8, 4) is 11.3 Å². The summed E-state index contributed by atoms with van der Waals surface area (Å²) < 4.78 is 40.6. The van der Waals surface area contributed by atoms with Crippen molar-refractivity contribution in [3.63, 3.8) is 0 Å². The Kier molecular flexibility index (Phi) is 7.20. The largest absolute Gasteiger partial charge is 0.491 e. The van der Waals surface area contributed by atoms with Gasteiger partial charge in [0.25, 0.3) is 5.91 Å². The van der Waals surface area contributed by atoms with E-state index in [9.17, 15) is 18.4 Å². The molecule has 4 aromatic rings. The van der Waals surface area contributed by atoms with E-state index in [1.807, 2.05) is 16.4 Å². The molecule has 1 aliphatic carbocycles. The molecule has 1 fully saturated rings. The highest BCUT2D eigenvalue weighted by Gasteiger charge is 2.36. The second-order valence-corrected chi connectivity index (χ2v) is 11.9. The molecule has 206 valence electrons. The summed E-state index contributed by atoms with van der Waals surface area (Å²) in [6.45, 7) is 0.380. The second-order valence-electron chi connectivity index (χ2n) is 10.1. The van der Waals surface area contributed by atoms with Crippen molar-refractivity contribution in [2.45, 2.75) is 31.3 Å². The minimum absolute atomic E-state index is 0.274. The lowest BCUT2D eigenvalue weighted by molar-refractivity contribution is 0.0964. The van der Waals surface area contributed by atoms with E-state index in [2.05, 4.69) is 5.32 Å². The number of carbonyl (C=O) groups excluding carboxylic acids is 1. The number of hydrogen-bond donors (Lipinski definition) is 2. The van der Waals surface area contributed by atoms with Crippen molar-refractivity contribution in [1.29, 1.82) is 0 Å². The number of anilines is 1. The Morgan fingerprint density at radius 3 is 2.60 bits per heavy atom. The fourth-order valence-electron chi connectivity index (χ4n) is 5.44. The molecular weight excluding hydrogens is 554 g/mol. The summed E-state index contributed by atoms with van der Waals surface area (Å²) in [5.74, 6) is -0.0716. The lowest BCUT2D eigenvalue weighted by Gasteiger charge is -2.26. The Labute approximate surface area is 239 Å². The number of benzene rings is 3. The molecule has 0 radical (unpaired) electrons. The number of rotatable bonds is 8. The molecule has 0 spiro atoms. The van der Waals surface area contributed by atoms with E-state index in [1.54, 1.807) is 43.6 Å².